The van der Waals surface area contributed by atoms with Crippen molar-refractivity contribution in [2.75, 3.05) is 18.6 Å². The largest absolute Gasteiger partial charge is 0.489 e. The number of nitrogens with zero attached hydrogens (tertiary/aromatic N) is 3. The zero-order chi connectivity index (χ0) is 17.6. The molecule has 25 heavy (non-hydrogen) atoms. The topological polar surface area (TPSA) is 38.2 Å². The van der Waals surface area contributed by atoms with Crippen molar-refractivity contribution < 1.29 is 4.74 Å². The molecule has 4 nitrogen and oxygen atoms in total. The van der Waals surface area contributed by atoms with E-state index in [0.717, 1.165) is 46.6 Å². The van der Waals surface area contributed by atoms with Crippen LogP contribution in [0.25, 0.3) is 10.9 Å². The van der Waals surface area contributed by atoms with Crippen LogP contribution in [-0.4, -0.2) is 23.6 Å². The highest BCUT2D eigenvalue weighted by atomic mass is 16.5. The van der Waals surface area contributed by atoms with Gasteiger partial charge in [-0.05, 0) is 48.4 Å². The maximum atomic E-state index is 5.79. The fraction of sp³-hybridized carbons (Fsp3) is 0.238. The Kier molecular flexibility index (Phi) is 5.29. The molecular weight excluding hydrogens is 310 g/mol. The molecule has 0 unspecified atom stereocenters. The number of hydrogen-bond donors (Lipinski definition) is 0. The molecule has 0 spiro atoms. The number of benzene rings is 2. The molecule has 4 heteroatoms. The Morgan fingerprint density at radius 1 is 1.08 bits per heavy atom. The zero-order valence-electron chi connectivity index (χ0n) is 14.8. The molecule has 3 rings (SSSR count). The van der Waals surface area contributed by atoms with Crippen LogP contribution in [0, 0.1) is 0 Å². The molecular formula is C21H23N3O. The number of para-hydroxylation sites is 1. The van der Waals surface area contributed by atoms with Crippen LogP contribution >= 0.6 is 0 Å². The average Bonchev–Trinajstić information content (AvgIpc) is 2.66. The maximum absolute atomic E-state index is 5.79. The van der Waals surface area contributed by atoms with Crippen LogP contribution in [-0.2, 0) is 0 Å². The van der Waals surface area contributed by atoms with Crippen molar-refractivity contribution in [1.82, 2.24) is 9.97 Å². The summed E-state index contributed by atoms with van der Waals surface area (Å²) in [5, 5.41) is 1.03. The summed E-state index contributed by atoms with van der Waals surface area (Å²) in [6.07, 6.45) is 3.70. The Labute approximate surface area is 148 Å². The van der Waals surface area contributed by atoms with Gasteiger partial charge in [-0.1, -0.05) is 32.1 Å². The Balaban J connectivity index is 1.76. The second-order valence-corrected chi connectivity index (χ2v) is 6.06. The van der Waals surface area contributed by atoms with Crippen molar-refractivity contribution in [2.24, 2.45) is 0 Å². The smallest absolute Gasteiger partial charge is 0.144 e. The number of hydrogen-bond acceptors (Lipinski definition) is 4. The maximum Gasteiger partial charge on any atom is 0.144 e. The lowest BCUT2D eigenvalue weighted by molar-refractivity contribution is 0.347. The van der Waals surface area contributed by atoms with E-state index in [9.17, 15) is 0 Å². The van der Waals surface area contributed by atoms with Crippen molar-refractivity contribution in [2.45, 2.75) is 19.8 Å². The Hall–Kier alpha value is -2.88. The van der Waals surface area contributed by atoms with Gasteiger partial charge in [0.25, 0.3) is 0 Å². The molecule has 0 bridgehead atoms. The van der Waals surface area contributed by atoms with E-state index in [2.05, 4.69) is 28.4 Å². The second-order valence-electron chi connectivity index (χ2n) is 6.06. The van der Waals surface area contributed by atoms with Gasteiger partial charge < -0.3 is 9.64 Å². The third-order valence-corrected chi connectivity index (χ3v) is 4.11. The first-order chi connectivity index (χ1) is 12.2. The minimum absolute atomic E-state index is 0.569. The Morgan fingerprint density at radius 3 is 2.60 bits per heavy atom. The molecule has 0 amide bonds. The van der Waals surface area contributed by atoms with Crippen molar-refractivity contribution >= 4 is 22.4 Å². The van der Waals surface area contributed by atoms with Gasteiger partial charge in [-0.25, -0.2) is 9.97 Å². The Bertz CT molecular complexity index is 853. The van der Waals surface area contributed by atoms with Crippen LogP contribution in [0.15, 0.2) is 67.0 Å². The fourth-order valence-electron chi connectivity index (χ4n) is 2.76. The van der Waals surface area contributed by atoms with Gasteiger partial charge in [0.1, 0.15) is 24.5 Å². The monoisotopic (exact) mass is 333 g/mol. The van der Waals surface area contributed by atoms with Crippen LogP contribution in [0.5, 0.6) is 5.75 Å². The third kappa shape index (κ3) is 3.97. The molecule has 128 valence electrons. The minimum atomic E-state index is 0.569. The van der Waals surface area contributed by atoms with Gasteiger partial charge in [0.05, 0.1) is 5.52 Å². The molecule has 2 aromatic carbocycles. The van der Waals surface area contributed by atoms with Crippen molar-refractivity contribution in [3.8, 4) is 5.75 Å². The molecule has 3 aromatic rings. The van der Waals surface area contributed by atoms with Gasteiger partial charge in [0.15, 0.2) is 0 Å². The SMILES string of the molecule is C=C(CCC)COc1ccc(N(C)c2ncnc3ccccc23)cc1. The summed E-state index contributed by atoms with van der Waals surface area (Å²) in [7, 11) is 2.01. The first-order valence-corrected chi connectivity index (χ1v) is 8.52. The van der Waals surface area contributed by atoms with E-state index >= 15 is 0 Å². The number of rotatable bonds is 7. The van der Waals surface area contributed by atoms with E-state index in [4.69, 9.17) is 4.74 Å². The van der Waals surface area contributed by atoms with Crippen LogP contribution in [0.3, 0.4) is 0 Å². The van der Waals surface area contributed by atoms with E-state index in [1.54, 1.807) is 6.33 Å². The molecule has 1 heterocycles. The quantitative estimate of drug-likeness (QED) is 0.562. The highest BCUT2D eigenvalue weighted by molar-refractivity contribution is 5.91. The van der Waals surface area contributed by atoms with E-state index in [-0.39, 0.29) is 0 Å². The summed E-state index contributed by atoms with van der Waals surface area (Å²) in [6, 6.07) is 16.1. The Morgan fingerprint density at radius 2 is 1.84 bits per heavy atom. The first-order valence-electron chi connectivity index (χ1n) is 8.52. The van der Waals surface area contributed by atoms with Crippen molar-refractivity contribution in [3.05, 3.63) is 67.0 Å². The molecule has 1 aromatic heterocycles. The lowest BCUT2D eigenvalue weighted by Gasteiger charge is -2.20. The summed E-state index contributed by atoms with van der Waals surface area (Å²) in [5.41, 5.74) is 3.11. The summed E-state index contributed by atoms with van der Waals surface area (Å²) in [6.45, 7) is 6.74. The summed E-state index contributed by atoms with van der Waals surface area (Å²) < 4.78 is 5.79. The molecule has 0 atom stereocenters. The normalized spacial score (nSPS) is 10.6. The predicted octanol–water partition coefficient (Wildman–Crippen LogP) is 5.13. The third-order valence-electron chi connectivity index (χ3n) is 4.11. The molecule has 0 saturated carbocycles. The summed E-state index contributed by atoms with van der Waals surface area (Å²) in [5.74, 6) is 1.73. The van der Waals surface area contributed by atoms with Crippen LogP contribution in [0.1, 0.15) is 19.8 Å². The number of fused-ring (bicyclic) bond motifs is 1. The van der Waals surface area contributed by atoms with Crippen LogP contribution < -0.4 is 9.64 Å². The molecule has 0 radical (unpaired) electrons. The standard InChI is InChI=1S/C21H23N3O/c1-4-7-16(2)14-25-18-12-10-17(11-13-18)24(3)21-19-8-5-6-9-20(19)22-15-23-21/h5-6,8-13,15H,2,4,7,14H2,1,3H3. The van der Waals surface area contributed by atoms with Crippen LogP contribution in [0.2, 0.25) is 0 Å². The summed E-state index contributed by atoms with van der Waals surface area (Å²) >= 11 is 0. The predicted molar refractivity (Wildman–Crippen MR) is 104 cm³/mol. The van der Waals surface area contributed by atoms with E-state index in [0.29, 0.717) is 6.61 Å². The highest BCUT2D eigenvalue weighted by Crippen LogP contribution is 2.29. The molecule has 0 fully saturated rings. The number of aromatic nitrogens is 2. The average molecular weight is 333 g/mol. The van der Waals surface area contributed by atoms with Gasteiger partial charge in [0, 0.05) is 18.1 Å². The molecule has 0 saturated heterocycles. The zero-order valence-corrected chi connectivity index (χ0v) is 14.8. The lowest BCUT2D eigenvalue weighted by Crippen LogP contribution is -2.12. The minimum Gasteiger partial charge on any atom is -0.489 e. The van der Waals surface area contributed by atoms with Gasteiger partial charge in [-0.2, -0.15) is 0 Å². The first kappa shape index (κ1) is 17.0. The number of anilines is 2. The second kappa shape index (κ2) is 7.79. The van der Waals surface area contributed by atoms with Crippen LogP contribution in [0.4, 0.5) is 11.5 Å². The lowest BCUT2D eigenvalue weighted by atomic mass is 10.2. The van der Waals surface area contributed by atoms with E-state index in [1.165, 1.54) is 0 Å². The fourth-order valence-corrected chi connectivity index (χ4v) is 2.76. The molecule has 0 aliphatic heterocycles. The van der Waals surface area contributed by atoms with Gasteiger partial charge in [-0.15, -0.1) is 0 Å². The van der Waals surface area contributed by atoms with E-state index in [1.807, 2.05) is 55.6 Å². The van der Waals surface area contributed by atoms with E-state index < -0.39 is 0 Å². The van der Waals surface area contributed by atoms with Crippen molar-refractivity contribution in [3.63, 3.8) is 0 Å². The number of ether oxygens (including phenoxy) is 1. The van der Waals surface area contributed by atoms with Gasteiger partial charge in [0.2, 0.25) is 0 Å². The highest BCUT2D eigenvalue weighted by Gasteiger charge is 2.10. The molecule has 0 aliphatic carbocycles. The molecule has 0 N–H and O–H groups in total. The molecule has 0 aliphatic rings. The van der Waals surface area contributed by atoms with Gasteiger partial charge in [-0.3, -0.25) is 0 Å². The van der Waals surface area contributed by atoms with Gasteiger partial charge >= 0.3 is 0 Å². The summed E-state index contributed by atoms with van der Waals surface area (Å²) in [4.78, 5) is 10.8. The van der Waals surface area contributed by atoms with Crippen molar-refractivity contribution in [1.29, 1.82) is 0 Å².